The van der Waals surface area contributed by atoms with Gasteiger partial charge in [-0.05, 0) is 24.6 Å². The van der Waals surface area contributed by atoms with Gasteiger partial charge >= 0.3 is 5.97 Å². The number of ether oxygens (including phenoxy) is 1. The van der Waals surface area contributed by atoms with Crippen molar-refractivity contribution >= 4 is 24.3 Å². The van der Waals surface area contributed by atoms with Crippen LogP contribution in [0.5, 0.6) is 0 Å². The van der Waals surface area contributed by atoms with Crippen LogP contribution in [0.4, 0.5) is 5.69 Å². The van der Waals surface area contributed by atoms with Crippen LogP contribution in [0.25, 0.3) is 0 Å². The standard InChI is InChI=1S/C10H13NO2S/c1-2-5-13-10(12)7-3-4-8(11)9(14)6-7/h3-4,6,14H,2,5,11H2,1H3. The normalized spacial score (nSPS) is 9.86. The van der Waals surface area contributed by atoms with Gasteiger partial charge in [0.05, 0.1) is 12.2 Å². The van der Waals surface area contributed by atoms with E-state index in [9.17, 15) is 4.79 Å². The van der Waals surface area contributed by atoms with Crippen LogP contribution in [0.2, 0.25) is 0 Å². The molecule has 14 heavy (non-hydrogen) atoms. The lowest BCUT2D eigenvalue weighted by molar-refractivity contribution is 0.0505. The number of carbonyl (C=O) groups is 1. The van der Waals surface area contributed by atoms with Crippen LogP contribution in [0.3, 0.4) is 0 Å². The van der Waals surface area contributed by atoms with Crippen molar-refractivity contribution in [3.63, 3.8) is 0 Å². The van der Waals surface area contributed by atoms with Crippen molar-refractivity contribution in [2.75, 3.05) is 12.3 Å². The Morgan fingerprint density at radius 3 is 2.86 bits per heavy atom. The van der Waals surface area contributed by atoms with Gasteiger partial charge in [0.25, 0.3) is 0 Å². The summed E-state index contributed by atoms with van der Waals surface area (Å²) in [6, 6.07) is 4.88. The van der Waals surface area contributed by atoms with Crippen molar-refractivity contribution < 1.29 is 9.53 Å². The Morgan fingerprint density at radius 1 is 1.57 bits per heavy atom. The van der Waals surface area contributed by atoms with Crippen molar-refractivity contribution in [3.8, 4) is 0 Å². The van der Waals surface area contributed by atoms with E-state index in [4.69, 9.17) is 10.5 Å². The quantitative estimate of drug-likeness (QED) is 0.457. The van der Waals surface area contributed by atoms with Crippen LogP contribution in [-0.4, -0.2) is 12.6 Å². The second-order valence-corrected chi connectivity index (χ2v) is 3.39. The zero-order valence-electron chi connectivity index (χ0n) is 7.99. The molecule has 2 N–H and O–H groups in total. The van der Waals surface area contributed by atoms with Crippen molar-refractivity contribution in [2.24, 2.45) is 0 Å². The maximum Gasteiger partial charge on any atom is 0.338 e. The van der Waals surface area contributed by atoms with E-state index >= 15 is 0 Å². The maximum absolute atomic E-state index is 11.4. The molecule has 1 rings (SSSR count). The number of nitrogen functional groups attached to an aromatic ring is 1. The summed E-state index contributed by atoms with van der Waals surface area (Å²) in [5.74, 6) is -0.331. The highest BCUT2D eigenvalue weighted by molar-refractivity contribution is 7.80. The molecule has 0 aliphatic rings. The number of carbonyl (C=O) groups excluding carboxylic acids is 1. The number of thiol groups is 1. The average molecular weight is 211 g/mol. The summed E-state index contributed by atoms with van der Waals surface area (Å²) in [5.41, 5.74) is 6.60. The third kappa shape index (κ3) is 2.67. The third-order valence-corrected chi connectivity index (χ3v) is 2.09. The number of benzene rings is 1. The SMILES string of the molecule is CCCOC(=O)c1ccc(N)c(S)c1. The van der Waals surface area contributed by atoms with Gasteiger partial charge in [-0.2, -0.15) is 0 Å². The first-order valence-corrected chi connectivity index (χ1v) is 4.85. The summed E-state index contributed by atoms with van der Waals surface area (Å²) in [6.45, 7) is 2.38. The van der Waals surface area contributed by atoms with Gasteiger partial charge in [-0.3, -0.25) is 0 Å². The fourth-order valence-electron chi connectivity index (χ4n) is 0.949. The molecule has 3 nitrogen and oxygen atoms in total. The molecule has 0 aromatic heterocycles. The fourth-order valence-corrected chi connectivity index (χ4v) is 1.16. The second kappa shape index (κ2) is 4.91. The molecule has 0 fully saturated rings. The summed E-state index contributed by atoms with van der Waals surface area (Å²) in [5, 5.41) is 0. The van der Waals surface area contributed by atoms with Crippen LogP contribution in [-0.2, 0) is 4.74 Å². The van der Waals surface area contributed by atoms with Crippen molar-refractivity contribution in [1.29, 1.82) is 0 Å². The van der Waals surface area contributed by atoms with E-state index in [1.165, 1.54) is 0 Å². The molecule has 76 valence electrons. The van der Waals surface area contributed by atoms with Crippen LogP contribution in [0.1, 0.15) is 23.7 Å². The molecule has 0 bridgehead atoms. The molecule has 0 spiro atoms. The predicted molar refractivity (Wildman–Crippen MR) is 58.7 cm³/mol. The average Bonchev–Trinajstić information content (AvgIpc) is 2.18. The lowest BCUT2D eigenvalue weighted by atomic mass is 10.2. The number of anilines is 1. The topological polar surface area (TPSA) is 52.3 Å². The van der Waals surface area contributed by atoms with E-state index in [1.54, 1.807) is 18.2 Å². The molecule has 0 aliphatic carbocycles. The molecule has 0 amide bonds. The zero-order valence-corrected chi connectivity index (χ0v) is 8.88. The van der Waals surface area contributed by atoms with E-state index < -0.39 is 0 Å². The molecule has 1 aromatic rings. The lowest BCUT2D eigenvalue weighted by Crippen LogP contribution is -2.06. The Morgan fingerprint density at radius 2 is 2.29 bits per heavy atom. The van der Waals surface area contributed by atoms with Gasteiger partial charge in [-0.25, -0.2) is 4.79 Å². The second-order valence-electron chi connectivity index (χ2n) is 2.91. The molecule has 0 aliphatic heterocycles. The van der Waals surface area contributed by atoms with E-state index in [2.05, 4.69) is 12.6 Å². The Hall–Kier alpha value is -1.16. The highest BCUT2D eigenvalue weighted by Crippen LogP contribution is 2.18. The summed E-state index contributed by atoms with van der Waals surface area (Å²) in [6.07, 6.45) is 0.814. The molecule has 0 saturated heterocycles. The monoisotopic (exact) mass is 211 g/mol. The largest absolute Gasteiger partial charge is 0.462 e. The Labute approximate surface area is 88.7 Å². The summed E-state index contributed by atoms with van der Waals surface area (Å²) >= 11 is 4.12. The highest BCUT2D eigenvalue weighted by Gasteiger charge is 2.07. The molecule has 0 saturated carbocycles. The zero-order chi connectivity index (χ0) is 10.6. The summed E-state index contributed by atoms with van der Waals surface area (Å²) < 4.78 is 4.96. The smallest absolute Gasteiger partial charge is 0.338 e. The van der Waals surface area contributed by atoms with E-state index in [0.717, 1.165) is 6.42 Å². The number of hydrogen-bond acceptors (Lipinski definition) is 4. The van der Waals surface area contributed by atoms with Gasteiger partial charge < -0.3 is 10.5 Å². The van der Waals surface area contributed by atoms with Gasteiger partial charge in [-0.1, -0.05) is 6.92 Å². The fraction of sp³-hybridized carbons (Fsp3) is 0.300. The van der Waals surface area contributed by atoms with Gasteiger partial charge in [0.15, 0.2) is 0 Å². The van der Waals surface area contributed by atoms with E-state index in [0.29, 0.717) is 22.8 Å². The number of hydrogen-bond donors (Lipinski definition) is 2. The minimum atomic E-state index is -0.331. The minimum Gasteiger partial charge on any atom is -0.462 e. The van der Waals surface area contributed by atoms with Gasteiger partial charge in [-0.15, -0.1) is 12.6 Å². The molecule has 0 atom stereocenters. The van der Waals surface area contributed by atoms with Crippen molar-refractivity contribution in [3.05, 3.63) is 23.8 Å². The summed E-state index contributed by atoms with van der Waals surface area (Å²) in [7, 11) is 0. The molecule has 4 heteroatoms. The minimum absolute atomic E-state index is 0.331. The van der Waals surface area contributed by atoms with Crippen LogP contribution >= 0.6 is 12.6 Å². The van der Waals surface area contributed by atoms with E-state index in [-0.39, 0.29) is 5.97 Å². The lowest BCUT2D eigenvalue weighted by Gasteiger charge is -2.04. The molecule has 0 radical (unpaired) electrons. The van der Waals surface area contributed by atoms with Crippen molar-refractivity contribution in [1.82, 2.24) is 0 Å². The molecule has 0 unspecified atom stereocenters. The third-order valence-electron chi connectivity index (χ3n) is 1.70. The van der Waals surface area contributed by atoms with E-state index in [1.807, 2.05) is 6.92 Å². The van der Waals surface area contributed by atoms with Gasteiger partial charge in [0.2, 0.25) is 0 Å². The molecule has 1 aromatic carbocycles. The van der Waals surface area contributed by atoms with Crippen molar-refractivity contribution in [2.45, 2.75) is 18.2 Å². The number of rotatable bonds is 3. The first kappa shape index (κ1) is 10.9. The molecular weight excluding hydrogens is 198 g/mol. The number of nitrogens with two attached hydrogens (primary N) is 1. The Balaban J connectivity index is 2.76. The Kier molecular flexibility index (Phi) is 3.83. The van der Waals surface area contributed by atoms with Gasteiger partial charge in [0, 0.05) is 10.6 Å². The maximum atomic E-state index is 11.4. The van der Waals surface area contributed by atoms with Gasteiger partial charge in [0.1, 0.15) is 0 Å². The Bertz CT molecular complexity index is 339. The molecular formula is C10H13NO2S. The summed E-state index contributed by atoms with van der Waals surface area (Å²) in [4.78, 5) is 12.0. The first-order chi connectivity index (χ1) is 6.65. The molecule has 0 heterocycles. The van der Waals surface area contributed by atoms with Crippen LogP contribution in [0, 0.1) is 0 Å². The predicted octanol–water partition coefficient (Wildman–Crippen LogP) is 2.12. The highest BCUT2D eigenvalue weighted by atomic mass is 32.1. The van der Waals surface area contributed by atoms with Crippen LogP contribution < -0.4 is 5.73 Å². The van der Waals surface area contributed by atoms with Crippen LogP contribution in [0.15, 0.2) is 23.1 Å². The first-order valence-electron chi connectivity index (χ1n) is 4.40. The number of esters is 1.